The minimum absolute atomic E-state index is 0.0804. The van der Waals surface area contributed by atoms with Crippen molar-refractivity contribution in [2.45, 2.75) is 17.9 Å². The number of carboxylic acids is 1. The van der Waals surface area contributed by atoms with E-state index in [0.29, 0.717) is 5.76 Å². The molecule has 0 bridgehead atoms. The molecule has 0 amide bonds. The summed E-state index contributed by atoms with van der Waals surface area (Å²) in [7, 11) is 0. The highest BCUT2D eigenvalue weighted by Crippen LogP contribution is 2.25. The summed E-state index contributed by atoms with van der Waals surface area (Å²) in [5.74, 6) is 0.0517. The second-order valence-corrected chi connectivity index (χ2v) is 4.82. The molecule has 0 aliphatic rings. The van der Waals surface area contributed by atoms with Crippen LogP contribution in [-0.4, -0.2) is 17.3 Å². The van der Waals surface area contributed by atoms with Gasteiger partial charge in [-0.25, -0.2) is 4.79 Å². The number of hydrogen-bond donors (Lipinski definition) is 1. The van der Waals surface area contributed by atoms with Gasteiger partial charge in [-0.05, 0) is 49.6 Å². The van der Waals surface area contributed by atoms with Crippen LogP contribution in [0.4, 0.5) is 0 Å². The number of rotatable bonds is 5. The fourth-order valence-electron chi connectivity index (χ4n) is 1.60. The first-order chi connectivity index (χ1) is 9.10. The standard InChI is InChI=1S/C14H14O4S/c1-9(12-7-8-13(18-12)14(15)16)17-10-3-5-11(19-2)6-4-10/h3-9H,1-2H3,(H,15,16). The van der Waals surface area contributed by atoms with Crippen molar-refractivity contribution < 1.29 is 19.1 Å². The maximum Gasteiger partial charge on any atom is 0.371 e. The Morgan fingerprint density at radius 2 is 1.95 bits per heavy atom. The molecule has 4 nitrogen and oxygen atoms in total. The monoisotopic (exact) mass is 278 g/mol. The molecule has 2 rings (SSSR count). The van der Waals surface area contributed by atoms with Gasteiger partial charge in [0.05, 0.1) is 0 Å². The Kier molecular flexibility index (Phi) is 4.16. The van der Waals surface area contributed by atoms with Gasteiger partial charge in [0.25, 0.3) is 0 Å². The number of carbonyl (C=O) groups is 1. The Morgan fingerprint density at radius 1 is 1.26 bits per heavy atom. The number of furan rings is 1. The molecule has 19 heavy (non-hydrogen) atoms. The predicted molar refractivity (Wildman–Crippen MR) is 72.9 cm³/mol. The summed E-state index contributed by atoms with van der Waals surface area (Å²) in [5, 5.41) is 8.79. The van der Waals surface area contributed by atoms with Crippen molar-refractivity contribution in [3.8, 4) is 5.75 Å². The summed E-state index contributed by atoms with van der Waals surface area (Å²) in [5.41, 5.74) is 0. The lowest BCUT2D eigenvalue weighted by Crippen LogP contribution is -2.02. The van der Waals surface area contributed by atoms with E-state index in [4.69, 9.17) is 14.3 Å². The fourth-order valence-corrected chi connectivity index (χ4v) is 2.01. The van der Waals surface area contributed by atoms with Crippen LogP contribution < -0.4 is 4.74 Å². The van der Waals surface area contributed by atoms with E-state index in [2.05, 4.69) is 0 Å². The van der Waals surface area contributed by atoms with Crippen LogP contribution in [0.5, 0.6) is 5.75 Å². The number of thioether (sulfide) groups is 1. The SMILES string of the molecule is CSc1ccc(OC(C)c2ccc(C(=O)O)o2)cc1. The third-order valence-corrected chi connectivity index (χ3v) is 3.35. The molecular weight excluding hydrogens is 264 g/mol. The summed E-state index contributed by atoms with van der Waals surface area (Å²) in [6, 6.07) is 10.7. The summed E-state index contributed by atoms with van der Waals surface area (Å²) in [4.78, 5) is 11.9. The molecule has 0 saturated heterocycles. The van der Waals surface area contributed by atoms with Gasteiger partial charge in [0, 0.05) is 4.90 Å². The highest BCUT2D eigenvalue weighted by Gasteiger charge is 2.15. The van der Waals surface area contributed by atoms with Crippen LogP contribution in [0, 0.1) is 0 Å². The van der Waals surface area contributed by atoms with Crippen molar-refractivity contribution in [2.24, 2.45) is 0 Å². The first kappa shape index (κ1) is 13.5. The van der Waals surface area contributed by atoms with E-state index in [9.17, 15) is 4.79 Å². The highest BCUT2D eigenvalue weighted by molar-refractivity contribution is 7.98. The van der Waals surface area contributed by atoms with Crippen LogP contribution in [0.25, 0.3) is 0 Å². The number of aromatic carboxylic acids is 1. The van der Waals surface area contributed by atoms with E-state index in [-0.39, 0.29) is 11.9 Å². The molecule has 0 spiro atoms. The molecule has 0 radical (unpaired) electrons. The molecule has 1 aromatic heterocycles. The minimum Gasteiger partial charge on any atom is -0.483 e. The quantitative estimate of drug-likeness (QED) is 0.842. The van der Waals surface area contributed by atoms with Crippen LogP contribution in [0.1, 0.15) is 29.3 Å². The third-order valence-electron chi connectivity index (χ3n) is 2.61. The lowest BCUT2D eigenvalue weighted by molar-refractivity contribution is 0.0655. The molecule has 1 N–H and O–H groups in total. The van der Waals surface area contributed by atoms with Crippen molar-refractivity contribution >= 4 is 17.7 Å². The molecule has 100 valence electrons. The van der Waals surface area contributed by atoms with Crippen LogP contribution in [0.2, 0.25) is 0 Å². The Labute approximate surface area is 115 Å². The zero-order valence-electron chi connectivity index (χ0n) is 10.6. The van der Waals surface area contributed by atoms with Gasteiger partial charge < -0.3 is 14.3 Å². The van der Waals surface area contributed by atoms with Crippen LogP contribution in [0.3, 0.4) is 0 Å². The Morgan fingerprint density at radius 3 is 2.47 bits per heavy atom. The van der Waals surface area contributed by atoms with Crippen LogP contribution >= 0.6 is 11.8 Å². The number of hydrogen-bond acceptors (Lipinski definition) is 4. The average molecular weight is 278 g/mol. The minimum atomic E-state index is -1.08. The molecule has 2 aromatic rings. The smallest absolute Gasteiger partial charge is 0.371 e. The van der Waals surface area contributed by atoms with Gasteiger partial charge in [0.2, 0.25) is 5.76 Å². The second kappa shape index (κ2) is 5.84. The number of carboxylic acid groups (broad SMARTS) is 1. The van der Waals surface area contributed by atoms with Gasteiger partial charge in [0.1, 0.15) is 11.5 Å². The summed E-state index contributed by atoms with van der Waals surface area (Å²) >= 11 is 1.66. The van der Waals surface area contributed by atoms with Gasteiger partial charge in [-0.2, -0.15) is 0 Å². The van der Waals surface area contributed by atoms with Crippen molar-refractivity contribution in [2.75, 3.05) is 6.26 Å². The maximum atomic E-state index is 10.7. The van der Waals surface area contributed by atoms with Gasteiger partial charge in [-0.15, -0.1) is 11.8 Å². The highest BCUT2D eigenvalue weighted by atomic mass is 32.2. The van der Waals surface area contributed by atoms with E-state index >= 15 is 0 Å². The Bertz CT molecular complexity index is 559. The van der Waals surface area contributed by atoms with Crippen molar-refractivity contribution in [3.63, 3.8) is 0 Å². The van der Waals surface area contributed by atoms with Gasteiger partial charge in [-0.3, -0.25) is 0 Å². The van der Waals surface area contributed by atoms with Gasteiger partial charge >= 0.3 is 5.97 Å². The molecule has 0 aliphatic heterocycles. The molecular formula is C14H14O4S. The fraction of sp³-hybridized carbons (Fsp3) is 0.214. The molecule has 0 saturated carbocycles. The molecule has 1 aromatic carbocycles. The Balaban J connectivity index is 2.06. The maximum absolute atomic E-state index is 10.7. The first-order valence-electron chi connectivity index (χ1n) is 5.74. The summed E-state index contributed by atoms with van der Waals surface area (Å²) < 4.78 is 10.9. The molecule has 5 heteroatoms. The molecule has 1 unspecified atom stereocenters. The molecule has 0 aliphatic carbocycles. The van der Waals surface area contributed by atoms with Crippen LogP contribution in [0.15, 0.2) is 45.7 Å². The van der Waals surface area contributed by atoms with Gasteiger partial charge in [0.15, 0.2) is 6.10 Å². The van der Waals surface area contributed by atoms with E-state index in [1.807, 2.05) is 37.4 Å². The van der Waals surface area contributed by atoms with E-state index < -0.39 is 5.97 Å². The van der Waals surface area contributed by atoms with E-state index in [1.165, 1.54) is 6.07 Å². The zero-order chi connectivity index (χ0) is 13.8. The molecule has 0 fully saturated rings. The van der Waals surface area contributed by atoms with E-state index in [0.717, 1.165) is 10.6 Å². The topological polar surface area (TPSA) is 59.7 Å². The average Bonchev–Trinajstić information content (AvgIpc) is 2.89. The van der Waals surface area contributed by atoms with Crippen molar-refractivity contribution in [1.82, 2.24) is 0 Å². The predicted octanol–water partition coefficient (Wildman–Crippen LogP) is 3.84. The second-order valence-electron chi connectivity index (χ2n) is 3.94. The van der Waals surface area contributed by atoms with Crippen LogP contribution in [-0.2, 0) is 0 Å². The molecule has 1 atom stereocenters. The largest absolute Gasteiger partial charge is 0.483 e. The summed E-state index contributed by atoms with van der Waals surface area (Å²) in [6.07, 6.45) is 1.67. The first-order valence-corrected chi connectivity index (χ1v) is 6.96. The zero-order valence-corrected chi connectivity index (χ0v) is 11.4. The Hall–Kier alpha value is -1.88. The van der Waals surface area contributed by atoms with Crippen molar-refractivity contribution in [1.29, 1.82) is 0 Å². The normalized spacial score (nSPS) is 12.1. The number of ether oxygens (including phenoxy) is 1. The van der Waals surface area contributed by atoms with Crippen molar-refractivity contribution in [3.05, 3.63) is 47.9 Å². The van der Waals surface area contributed by atoms with E-state index in [1.54, 1.807) is 17.8 Å². The number of benzene rings is 1. The lowest BCUT2D eigenvalue weighted by Gasteiger charge is -2.12. The third kappa shape index (κ3) is 3.32. The van der Waals surface area contributed by atoms with Gasteiger partial charge in [-0.1, -0.05) is 0 Å². The summed E-state index contributed by atoms with van der Waals surface area (Å²) in [6.45, 7) is 1.81. The molecule has 1 heterocycles. The lowest BCUT2D eigenvalue weighted by atomic mass is 10.3.